The summed E-state index contributed by atoms with van der Waals surface area (Å²) in [4.78, 5) is 0. The number of likely N-dealkylation sites (N-methyl/N-ethyl adjacent to an activating group) is 1. The van der Waals surface area contributed by atoms with Crippen molar-refractivity contribution in [2.45, 2.75) is 51.9 Å². The third kappa shape index (κ3) is 3.97. The molecule has 0 radical (unpaired) electrons. The maximum atomic E-state index is 5.60. The molecule has 0 saturated heterocycles. The zero-order valence-corrected chi connectivity index (χ0v) is 13.0. The molecule has 0 heterocycles. The molecule has 0 unspecified atom stereocenters. The molecule has 0 aliphatic carbocycles. The van der Waals surface area contributed by atoms with Gasteiger partial charge in [-0.2, -0.15) is 0 Å². The zero-order chi connectivity index (χ0) is 14.1. The minimum Gasteiger partial charge on any atom is -0.496 e. The molecule has 0 spiro atoms. The smallest absolute Gasteiger partial charge is 0.122 e. The van der Waals surface area contributed by atoms with Crippen LogP contribution in [0.25, 0.3) is 0 Å². The van der Waals surface area contributed by atoms with Gasteiger partial charge < -0.3 is 10.1 Å². The number of para-hydroxylation sites is 1. The van der Waals surface area contributed by atoms with Gasteiger partial charge in [-0.15, -0.1) is 0 Å². The average molecular weight is 263 g/mol. The third-order valence-corrected chi connectivity index (χ3v) is 3.85. The predicted molar refractivity (Wildman–Crippen MR) is 83.0 cm³/mol. The number of methoxy groups -OCH3 is 1. The quantitative estimate of drug-likeness (QED) is 0.723. The lowest BCUT2D eigenvalue weighted by Gasteiger charge is -2.35. The molecule has 0 saturated carbocycles. The topological polar surface area (TPSA) is 21.3 Å². The molecule has 0 aliphatic heterocycles. The molecule has 0 aromatic heterocycles. The standard InChI is InChI=1S/C17H29NO/c1-5-12-17(13-6-2,14-18-7-3)15-10-8-9-11-16(15)19-4/h8-11,18H,5-7,12-14H2,1-4H3. The van der Waals surface area contributed by atoms with E-state index in [1.54, 1.807) is 7.11 Å². The minimum absolute atomic E-state index is 0.201. The second kappa shape index (κ2) is 8.21. The maximum absolute atomic E-state index is 5.60. The summed E-state index contributed by atoms with van der Waals surface area (Å²) in [5.74, 6) is 1.03. The van der Waals surface area contributed by atoms with E-state index in [9.17, 15) is 0 Å². The summed E-state index contributed by atoms with van der Waals surface area (Å²) >= 11 is 0. The van der Waals surface area contributed by atoms with Crippen LogP contribution in [0.1, 0.15) is 52.0 Å². The predicted octanol–water partition coefficient (Wildman–Crippen LogP) is 4.14. The highest BCUT2D eigenvalue weighted by atomic mass is 16.5. The Bertz CT molecular complexity index is 356. The largest absolute Gasteiger partial charge is 0.496 e. The molecule has 0 aliphatic rings. The molecular weight excluding hydrogens is 234 g/mol. The summed E-state index contributed by atoms with van der Waals surface area (Å²) < 4.78 is 5.60. The van der Waals surface area contributed by atoms with Crippen molar-refractivity contribution in [1.29, 1.82) is 0 Å². The van der Waals surface area contributed by atoms with Crippen LogP contribution in [0.2, 0.25) is 0 Å². The van der Waals surface area contributed by atoms with Crippen molar-refractivity contribution in [3.05, 3.63) is 29.8 Å². The highest BCUT2D eigenvalue weighted by Crippen LogP contribution is 2.39. The molecule has 1 rings (SSSR count). The van der Waals surface area contributed by atoms with Crippen molar-refractivity contribution in [2.75, 3.05) is 20.2 Å². The van der Waals surface area contributed by atoms with Crippen LogP contribution in [0.5, 0.6) is 5.75 Å². The second-order valence-electron chi connectivity index (χ2n) is 5.26. The Labute approximate surface area is 118 Å². The third-order valence-electron chi connectivity index (χ3n) is 3.85. The van der Waals surface area contributed by atoms with Gasteiger partial charge in [0.2, 0.25) is 0 Å². The van der Waals surface area contributed by atoms with Crippen molar-refractivity contribution < 1.29 is 4.74 Å². The van der Waals surface area contributed by atoms with Gasteiger partial charge in [0.25, 0.3) is 0 Å². The number of benzene rings is 1. The van der Waals surface area contributed by atoms with Crippen molar-refractivity contribution >= 4 is 0 Å². The lowest BCUT2D eigenvalue weighted by Crippen LogP contribution is -2.38. The number of rotatable bonds is 9. The Morgan fingerprint density at radius 1 is 1.05 bits per heavy atom. The lowest BCUT2D eigenvalue weighted by atomic mass is 9.73. The van der Waals surface area contributed by atoms with Gasteiger partial charge in [-0.05, 0) is 25.5 Å². The summed E-state index contributed by atoms with van der Waals surface area (Å²) in [6.07, 6.45) is 4.80. The lowest BCUT2D eigenvalue weighted by molar-refractivity contribution is 0.318. The van der Waals surface area contributed by atoms with Crippen LogP contribution in [0.4, 0.5) is 0 Å². The second-order valence-corrected chi connectivity index (χ2v) is 5.26. The van der Waals surface area contributed by atoms with Crippen LogP contribution >= 0.6 is 0 Å². The van der Waals surface area contributed by atoms with E-state index >= 15 is 0 Å². The first-order chi connectivity index (χ1) is 9.24. The summed E-state index contributed by atoms with van der Waals surface area (Å²) in [6, 6.07) is 8.50. The molecular formula is C17H29NO. The zero-order valence-electron chi connectivity index (χ0n) is 13.0. The van der Waals surface area contributed by atoms with E-state index < -0.39 is 0 Å². The van der Waals surface area contributed by atoms with Crippen LogP contribution in [0.3, 0.4) is 0 Å². The summed E-state index contributed by atoms with van der Waals surface area (Å²) in [6.45, 7) is 8.76. The van der Waals surface area contributed by atoms with E-state index in [0.29, 0.717) is 0 Å². The minimum atomic E-state index is 0.201. The Morgan fingerprint density at radius 2 is 1.68 bits per heavy atom. The van der Waals surface area contributed by atoms with E-state index in [2.05, 4.69) is 50.4 Å². The van der Waals surface area contributed by atoms with Gasteiger partial charge in [-0.1, -0.05) is 51.8 Å². The van der Waals surface area contributed by atoms with E-state index in [-0.39, 0.29) is 5.41 Å². The molecule has 108 valence electrons. The highest BCUT2D eigenvalue weighted by Gasteiger charge is 2.32. The van der Waals surface area contributed by atoms with Crippen LogP contribution < -0.4 is 10.1 Å². The van der Waals surface area contributed by atoms with E-state index in [1.807, 2.05) is 0 Å². The number of hydrogen-bond acceptors (Lipinski definition) is 2. The molecule has 0 fully saturated rings. The maximum Gasteiger partial charge on any atom is 0.122 e. The van der Waals surface area contributed by atoms with Crippen LogP contribution in [0.15, 0.2) is 24.3 Å². The Hall–Kier alpha value is -1.02. The van der Waals surface area contributed by atoms with Crippen molar-refractivity contribution in [2.24, 2.45) is 0 Å². The average Bonchev–Trinajstić information content (AvgIpc) is 2.45. The van der Waals surface area contributed by atoms with Gasteiger partial charge in [-0.3, -0.25) is 0 Å². The first kappa shape index (κ1) is 16.0. The van der Waals surface area contributed by atoms with Crippen LogP contribution in [-0.2, 0) is 5.41 Å². The van der Waals surface area contributed by atoms with Crippen molar-refractivity contribution in [3.63, 3.8) is 0 Å². The SMILES string of the molecule is CCCC(CCC)(CNCC)c1ccccc1OC. The van der Waals surface area contributed by atoms with Crippen LogP contribution in [0, 0.1) is 0 Å². The highest BCUT2D eigenvalue weighted by molar-refractivity contribution is 5.40. The molecule has 0 bridgehead atoms. The van der Waals surface area contributed by atoms with E-state index in [0.717, 1.165) is 18.8 Å². The van der Waals surface area contributed by atoms with Gasteiger partial charge in [0.1, 0.15) is 5.75 Å². The summed E-state index contributed by atoms with van der Waals surface area (Å²) in [5, 5.41) is 3.55. The van der Waals surface area contributed by atoms with Crippen molar-refractivity contribution in [3.8, 4) is 5.75 Å². The van der Waals surface area contributed by atoms with E-state index in [1.165, 1.54) is 31.2 Å². The molecule has 1 aromatic rings. The molecule has 2 nitrogen and oxygen atoms in total. The van der Waals surface area contributed by atoms with Crippen LogP contribution in [-0.4, -0.2) is 20.2 Å². The normalized spacial score (nSPS) is 11.6. The summed E-state index contributed by atoms with van der Waals surface area (Å²) in [7, 11) is 1.77. The first-order valence-electron chi connectivity index (χ1n) is 7.58. The van der Waals surface area contributed by atoms with Crippen molar-refractivity contribution in [1.82, 2.24) is 5.32 Å². The molecule has 2 heteroatoms. The van der Waals surface area contributed by atoms with Gasteiger partial charge in [0.15, 0.2) is 0 Å². The fourth-order valence-electron chi connectivity index (χ4n) is 3.07. The molecule has 0 amide bonds. The molecule has 19 heavy (non-hydrogen) atoms. The fourth-order valence-corrected chi connectivity index (χ4v) is 3.07. The Balaban J connectivity index is 3.17. The number of nitrogens with one attached hydrogen (secondary N) is 1. The number of hydrogen-bond donors (Lipinski definition) is 1. The van der Waals surface area contributed by atoms with Gasteiger partial charge in [0, 0.05) is 17.5 Å². The molecule has 1 aromatic carbocycles. The van der Waals surface area contributed by atoms with Gasteiger partial charge in [-0.25, -0.2) is 0 Å². The Morgan fingerprint density at radius 3 is 2.21 bits per heavy atom. The number of ether oxygens (including phenoxy) is 1. The van der Waals surface area contributed by atoms with E-state index in [4.69, 9.17) is 4.74 Å². The fraction of sp³-hybridized carbons (Fsp3) is 0.647. The van der Waals surface area contributed by atoms with Gasteiger partial charge >= 0.3 is 0 Å². The molecule has 1 N–H and O–H groups in total. The Kier molecular flexibility index (Phi) is 6.93. The first-order valence-corrected chi connectivity index (χ1v) is 7.58. The summed E-state index contributed by atoms with van der Waals surface area (Å²) in [5.41, 5.74) is 1.56. The monoisotopic (exact) mass is 263 g/mol. The molecule has 0 atom stereocenters. The van der Waals surface area contributed by atoms with Gasteiger partial charge in [0.05, 0.1) is 7.11 Å².